The minimum Gasteiger partial charge on any atom is -0.355 e. The Balaban J connectivity index is 0. The molecule has 3 nitrogen and oxygen atoms in total. The third-order valence-corrected chi connectivity index (χ3v) is 2.15. The highest BCUT2D eigenvalue weighted by Gasteiger charge is 2.28. The summed E-state index contributed by atoms with van der Waals surface area (Å²) in [6, 6.07) is -0.710. The number of nitrogens with one attached hydrogen (secondary N) is 1. The Morgan fingerprint density at radius 2 is 1.76 bits per heavy atom. The van der Waals surface area contributed by atoms with Gasteiger partial charge in [-0.2, -0.15) is 13.2 Å². The first kappa shape index (κ1) is 18.9. The lowest BCUT2D eigenvalue weighted by molar-refractivity contribution is -0.136. The quantitative estimate of drug-likeness (QED) is 0.774. The van der Waals surface area contributed by atoms with Crippen LogP contribution in [-0.4, -0.2) is 24.7 Å². The van der Waals surface area contributed by atoms with Crippen LogP contribution in [0.25, 0.3) is 0 Å². The predicted octanol–water partition coefficient (Wildman–Crippen LogP) is 2.24. The summed E-state index contributed by atoms with van der Waals surface area (Å²) in [5, 5.41) is 2.40. The Morgan fingerprint density at radius 1 is 1.29 bits per heavy atom. The van der Waals surface area contributed by atoms with Gasteiger partial charge >= 0.3 is 6.18 Å². The molecular formula is C10H20ClF3N2O. The molecule has 0 aromatic carbocycles. The molecule has 0 aromatic rings. The zero-order valence-corrected chi connectivity index (χ0v) is 11.0. The Kier molecular flexibility index (Phi) is 7.83. The van der Waals surface area contributed by atoms with Gasteiger partial charge in [-0.05, 0) is 11.8 Å². The number of carbonyl (C=O) groups excluding carboxylic acids is 1. The summed E-state index contributed by atoms with van der Waals surface area (Å²) in [7, 11) is 0. The minimum atomic E-state index is -4.17. The van der Waals surface area contributed by atoms with Gasteiger partial charge in [0.25, 0.3) is 0 Å². The van der Waals surface area contributed by atoms with Crippen molar-refractivity contribution >= 4 is 18.3 Å². The summed E-state index contributed by atoms with van der Waals surface area (Å²) in [5.74, 6) is -0.408. The molecule has 7 heteroatoms. The van der Waals surface area contributed by atoms with Crippen molar-refractivity contribution in [3.05, 3.63) is 0 Å². The van der Waals surface area contributed by atoms with Gasteiger partial charge in [0.05, 0.1) is 6.04 Å². The molecule has 0 radical (unpaired) electrons. The van der Waals surface area contributed by atoms with E-state index in [4.69, 9.17) is 5.73 Å². The lowest BCUT2D eigenvalue weighted by Crippen LogP contribution is -2.48. The number of alkyl halides is 3. The van der Waals surface area contributed by atoms with Gasteiger partial charge in [0, 0.05) is 13.0 Å². The number of carbonyl (C=O) groups is 1. The van der Waals surface area contributed by atoms with E-state index in [2.05, 4.69) is 5.32 Å². The minimum absolute atomic E-state index is 0. The third kappa shape index (κ3) is 9.23. The SMILES string of the molecule is CC(C)(C)[C@H](N)C(=O)NCCCC(F)(F)F.Cl. The molecule has 0 spiro atoms. The van der Waals surface area contributed by atoms with E-state index in [1.54, 1.807) is 20.8 Å². The first-order valence-corrected chi connectivity index (χ1v) is 5.14. The van der Waals surface area contributed by atoms with E-state index in [0.29, 0.717) is 0 Å². The second-order valence-corrected chi connectivity index (χ2v) is 4.85. The molecule has 0 saturated heterocycles. The summed E-state index contributed by atoms with van der Waals surface area (Å²) in [6.45, 7) is 5.40. The third-order valence-electron chi connectivity index (χ3n) is 2.15. The van der Waals surface area contributed by atoms with Gasteiger partial charge in [0.15, 0.2) is 0 Å². The van der Waals surface area contributed by atoms with Gasteiger partial charge in [-0.15, -0.1) is 12.4 Å². The Labute approximate surface area is 106 Å². The number of rotatable bonds is 4. The molecule has 0 heterocycles. The molecule has 0 bridgehead atoms. The summed E-state index contributed by atoms with van der Waals surface area (Å²) in [4.78, 5) is 11.4. The highest BCUT2D eigenvalue weighted by atomic mass is 35.5. The highest BCUT2D eigenvalue weighted by Crippen LogP contribution is 2.21. The Hall–Kier alpha value is -0.490. The number of hydrogen-bond donors (Lipinski definition) is 2. The van der Waals surface area contributed by atoms with E-state index >= 15 is 0 Å². The smallest absolute Gasteiger partial charge is 0.355 e. The maximum absolute atomic E-state index is 11.8. The molecule has 17 heavy (non-hydrogen) atoms. The Bertz CT molecular complexity index is 239. The molecule has 0 saturated carbocycles. The molecular weight excluding hydrogens is 257 g/mol. The maximum Gasteiger partial charge on any atom is 0.389 e. The zero-order chi connectivity index (χ0) is 13.0. The zero-order valence-electron chi connectivity index (χ0n) is 10.2. The molecule has 0 rings (SSSR count). The van der Waals surface area contributed by atoms with Gasteiger partial charge in [-0.25, -0.2) is 0 Å². The van der Waals surface area contributed by atoms with Gasteiger partial charge in [0.2, 0.25) is 5.91 Å². The normalized spacial score (nSPS) is 13.8. The van der Waals surface area contributed by atoms with Crippen LogP contribution in [0.5, 0.6) is 0 Å². The van der Waals surface area contributed by atoms with Crippen LogP contribution in [0.4, 0.5) is 13.2 Å². The Morgan fingerprint density at radius 3 is 2.12 bits per heavy atom. The van der Waals surface area contributed by atoms with Crippen LogP contribution in [-0.2, 0) is 4.79 Å². The van der Waals surface area contributed by atoms with Crippen molar-refractivity contribution in [1.29, 1.82) is 0 Å². The van der Waals surface area contributed by atoms with Crippen molar-refractivity contribution in [2.75, 3.05) is 6.54 Å². The van der Waals surface area contributed by atoms with E-state index < -0.39 is 30.0 Å². The number of nitrogens with two attached hydrogens (primary N) is 1. The summed E-state index contributed by atoms with van der Waals surface area (Å²) in [5.41, 5.74) is 5.23. The fourth-order valence-corrected chi connectivity index (χ4v) is 1.00. The lowest BCUT2D eigenvalue weighted by atomic mass is 9.87. The van der Waals surface area contributed by atoms with Crippen LogP contribution in [0.15, 0.2) is 0 Å². The van der Waals surface area contributed by atoms with Crippen LogP contribution < -0.4 is 11.1 Å². The van der Waals surface area contributed by atoms with Crippen molar-refractivity contribution in [3.8, 4) is 0 Å². The molecule has 0 aliphatic rings. The van der Waals surface area contributed by atoms with E-state index in [-0.39, 0.29) is 25.4 Å². The highest BCUT2D eigenvalue weighted by molar-refractivity contribution is 5.85. The molecule has 1 atom stereocenters. The van der Waals surface area contributed by atoms with E-state index in [1.165, 1.54) is 0 Å². The summed E-state index contributed by atoms with van der Waals surface area (Å²) < 4.78 is 35.4. The van der Waals surface area contributed by atoms with Crippen molar-refractivity contribution in [2.45, 2.75) is 45.8 Å². The van der Waals surface area contributed by atoms with Crippen molar-refractivity contribution in [2.24, 2.45) is 11.1 Å². The van der Waals surface area contributed by atoms with Gasteiger partial charge in [-0.3, -0.25) is 4.79 Å². The van der Waals surface area contributed by atoms with Crippen LogP contribution in [0.3, 0.4) is 0 Å². The van der Waals surface area contributed by atoms with Crippen molar-refractivity contribution in [3.63, 3.8) is 0 Å². The fourth-order valence-electron chi connectivity index (χ4n) is 1.00. The number of hydrogen-bond acceptors (Lipinski definition) is 2. The van der Waals surface area contributed by atoms with Crippen molar-refractivity contribution in [1.82, 2.24) is 5.32 Å². The second-order valence-electron chi connectivity index (χ2n) is 4.85. The maximum atomic E-state index is 11.8. The van der Waals surface area contributed by atoms with E-state index in [0.717, 1.165) is 0 Å². The van der Waals surface area contributed by atoms with E-state index in [9.17, 15) is 18.0 Å². The molecule has 0 aliphatic heterocycles. The first-order chi connectivity index (χ1) is 7.04. The molecule has 0 aliphatic carbocycles. The average molecular weight is 277 g/mol. The van der Waals surface area contributed by atoms with Gasteiger partial charge in [0.1, 0.15) is 0 Å². The summed E-state index contributed by atoms with van der Waals surface area (Å²) in [6.07, 6.45) is -5.18. The monoisotopic (exact) mass is 276 g/mol. The van der Waals surface area contributed by atoms with Crippen LogP contribution >= 0.6 is 12.4 Å². The van der Waals surface area contributed by atoms with Crippen LogP contribution in [0, 0.1) is 5.41 Å². The van der Waals surface area contributed by atoms with Gasteiger partial charge in [-0.1, -0.05) is 20.8 Å². The van der Waals surface area contributed by atoms with Crippen molar-refractivity contribution < 1.29 is 18.0 Å². The summed E-state index contributed by atoms with van der Waals surface area (Å²) >= 11 is 0. The first-order valence-electron chi connectivity index (χ1n) is 5.14. The molecule has 0 unspecified atom stereocenters. The van der Waals surface area contributed by atoms with Crippen LogP contribution in [0.1, 0.15) is 33.6 Å². The fraction of sp³-hybridized carbons (Fsp3) is 0.900. The van der Waals surface area contributed by atoms with E-state index in [1.807, 2.05) is 0 Å². The molecule has 0 aromatic heterocycles. The number of amides is 1. The van der Waals surface area contributed by atoms with Gasteiger partial charge < -0.3 is 11.1 Å². The molecule has 3 N–H and O–H groups in total. The topological polar surface area (TPSA) is 55.1 Å². The standard InChI is InChI=1S/C10H19F3N2O.ClH/c1-9(2,3)7(14)8(16)15-6-4-5-10(11,12)13;/h7H,4-6,14H2,1-3H3,(H,15,16);1H/t7-;/m1./s1. The molecule has 1 amide bonds. The lowest BCUT2D eigenvalue weighted by Gasteiger charge is -2.25. The second kappa shape index (κ2) is 7.06. The number of halogens is 4. The van der Waals surface area contributed by atoms with Crippen LogP contribution in [0.2, 0.25) is 0 Å². The largest absolute Gasteiger partial charge is 0.389 e. The predicted molar refractivity (Wildman–Crippen MR) is 63.0 cm³/mol. The average Bonchev–Trinajstić information content (AvgIpc) is 2.07. The molecule has 0 fully saturated rings. The molecule has 104 valence electrons.